The Kier molecular flexibility index (Phi) is 4.83. The smallest absolute Gasteiger partial charge is 0.208 e. The fourth-order valence-electron chi connectivity index (χ4n) is 1.33. The Morgan fingerprint density at radius 2 is 2.00 bits per heavy atom. The van der Waals surface area contributed by atoms with E-state index in [1.807, 2.05) is 19.9 Å². The minimum absolute atomic E-state index is 0.337. The van der Waals surface area contributed by atoms with Gasteiger partial charge in [-0.2, -0.15) is 0 Å². The highest BCUT2D eigenvalue weighted by molar-refractivity contribution is 7.88. The molecule has 17 heavy (non-hydrogen) atoms. The van der Waals surface area contributed by atoms with E-state index in [1.54, 1.807) is 0 Å². The largest absolute Gasteiger partial charge is 0.369 e. The van der Waals surface area contributed by atoms with Gasteiger partial charge in [-0.15, -0.1) is 0 Å². The lowest BCUT2D eigenvalue weighted by atomic mass is 10.3. The molecule has 1 rings (SSSR count). The van der Waals surface area contributed by atoms with Crippen LogP contribution in [0.5, 0.6) is 0 Å². The van der Waals surface area contributed by atoms with Crippen molar-refractivity contribution in [2.24, 2.45) is 0 Å². The van der Waals surface area contributed by atoms with Crippen LogP contribution >= 0.6 is 0 Å². The number of aryl methyl sites for hydroxylation is 2. The van der Waals surface area contributed by atoms with E-state index in [-0.39, 0.29) is 0 Å². The van der Waals surface area contributed by atoms with Crippen molar-refractivity contribution in [3.63, 3.8) is 0 Å². The van der Waals surface area contributed by atoms with Crippen molar-refractivity contribution in [2.75, 3.05) is 24.7 Å². The fraction of sp³-hybridized carbons (Fsp3) is 0.600. The summed E-state index contributed by atoms with van der Waals surface area (Å²) in [5.74, 6) is 1.44. The van der Waals surface area contributed by atoms with Gasteiger partial charge in [0.1, 0.15) is 11.6 Å². The molecule has 0 fully saturated rings. The molecule has 1 aromatic heterocycles. The van der Waals surface area contributed by atoms with Crippen molar-refractivity contribution in [3.8, 4) is 0 Å². The molecule has 0 unspecified atom stereocenters. The summed E-state index contributed by atoms with van der Waals surface area (Å²) < 4.78 is 24.1. The summed E-state index contributed by atoms with van der Waals surface area (Å²) in [6.07, 6.45) is 1.98. The van der Waals surface area contributed by atoms with Gasteiger partial charge in [-0.3, -0.25) is 0 Å². The quantitative estimate of drug-likeness (QED) is 0.717. The Morgan fingerprint density at radius 3 is 2.59 bits per heavy atom. The van der Waals surface area contributed by atoms with Crippen LogP contribution in [0.25, 0.3) is 0 Å². The van der Waals surface area contributed by atoms with Crippen LogP contribution in [0.3, 0.4) is 0 Å². The molecule has 6 nitrogen and oxygen atoms in total. The third-order valence-electron chi connectivity index (χ3n) is 2.05. The standard InChI is InChI=1S/C10H18N4O2S/c1-4-9-7-10(14-8(2)13-9)11-5-6-12-17(3,15)16/h7,12H,4-6H2,1-3H3,(H,11,13,14). The zero-order chi connectivity index (χ0) is 12.9. The van der Waals surface area contributed by atoms with Gasteiger partial charge in [0.25, 0.3) is 0 Å². The minimum Gasteiger partial charge on any atom is -0.369 e. The Bertz CT molecular complexity index is 473. The molecule has 0 aromatic carbocycles. The third kappa shape index (κ3) is 5.60. The van der Waals surface area contributed by atoms with Crippen LogP contribution < -0.4 is 10.0 Å². The predicted octanol–water partition coefficient (Wildman–Crippen LogP) is 0.309. The van der Waals surface area contributed by atoms with E-state index in [2.05, 4.69) is 20.0 Å². The summed E-state index contributed by atoms with van der Waals surface area (Å²) in [6.45, 7) is 4.69. The molecule has 0 atom stereocenters. The van der Waals surface area contributed by atoms with Gasteiger partial charge in [-0.25, -0.2) is 23.1 Å². The summed E-state index contributed by atoms with van der Waals surface area (Å²) >= 11 is 0. The van der Waals surface area contributed by atoms with Crippen LogP contribution in [-0.4, -0.2) is 37.7 Å². The highest BCUT2D eigenvalue weighted by Crippen LogP contribution is 2.06. The van der Waals surface area contributed by atoms with E-state index < -0.39 is 10.0 Å². The predicted molar refractivity (Wildman–Crippen MR) is 67.5 cm³/mol. The van der Waals surface area contributed by atoms with Gasteiger partial charge in [-0.05, 0) is 13.3 Å². The molecular weight excluding hydrogens is 240 g/mol. The molecule has 0 spiro atoms. The Hall–Kier alpha value is -1.21. The Labute approximate surface area is 102 Å². The van der Waals surface area contributed by atoms with E-state index in [0.29, 0.717) is 18.9 Å². The molecule has 0 saturated heterocycles. The molecule has 0 aliphatic carbocycles. The van der Waals surface area contributed by atoms with Gasteiger partial charge in [0, 0.05) is 24.8 Å². The molecule has 0 amide bonds. The van der Waals surface area contributed by atoms with Gasteiger partial charge in [0.15, 0.2) is 0 Å². The summed E-state index contributed by atoms with van der Waals surface area (Å²) in [4.78, 5) is 8.47. The summed E-state index contributed by atoms with van der Waals surface area (Å²) in [5.41, 5.74) is 0.969. The van der Waals surface area contributed by atoms with Crippen molar-refractivity contribution in [1.29, 1.82) is 0 Å². The second-order valence-electron chi connectivity index (χ2n) is 3.74. The zero-order valence-electron chi connectivity index (χ0n) is 10.3. The molecule has 0 aliphatic heterocycles. The van der Waals surface area contributed by atoms with Gasteiger partial charge in [0.2, 0.25) is 10.0 Å². The molecule has 0 bridgehead atoms. The lowest BCUT2D eigenvalue weighted by molar-refractivity contribution is 0.589. The molecule has 1 aromatic rings. The van der Waals surface area contributed by atoms with E-state index in [1.165, 1.54) is 0 Å². The second kappa shape index (κ2) is 5.92. The zero-order valence-corrected chi connectivity index (χ0v) is 11.1. The van der Waals surface area contributed by atoms with Crippen LogP contribution in [-0.2, 0) is 16.4 Å². The number of hydrogen-bond acceptors (Lipinski definition) is 5. The van der Waals surface area contributed by atoms with Crippen LogP contribution in [0.4, 0.5) is 5.82 Å². The molecule has 2 N–H and O–H groups in total. The number of sulfonamides is 1. The van der Waals surface area contributed by atoms with Crippen molar-refractivity contribution < 1.29 is 8.42 Å². The lowest BCUT2D eigenvalue weighted by Crippen LogP contribution is -2.27. The Morgan fingerprint density at radius 1 is 1.29 bits per heavy atom. The molecule has 1 heterocycles. The normalized spacial score (nSPS) is 11.5. The summed E-state index contributed by atoms with van der Waals surface area (Å²) in [5, 5.41) is 3.05. The monoisotopic (exact) mass is 258 g/mol. The first-order valence-corrected chi connectivity index (χ1v) is 7.33. The molecule has 0 radical (unpaired) electrons. The highest BCUT2D eigenvalue weighted by Gasteiger charge is 2.01. The number of anilines is 1. The lowest BCUT2D eigenvalue weighted by Gasteiger charge is -2.08. The number of hydrogen-bond donors (Lipinski definition) is 2. The molecule has 7 heteroatoms. The average Bonchev–Trinajstić information content (AvgIpc) is 2.22. The summed E-state index contributed by atoms with van der Waals surface area (Å²) in [6, 6.07) is 1.87. The first-order chi connectivity index (χ1) is 7.90. The molecular formula is C10H18N4O2S. The van der Waals surface area contributed by atoms with Gasteiger partial charge >= 0.3 is 0 Å². The van der Waals surface area contributed by atoms with Crippen LogP contribution in [0.15, 0.2) is 6.07 Å². The Balaban J connectivity index is 2.49. The van der Waals surface area contributed by atoms with Crippen molar-refractivity contribution in [1.82, 2.24) is 14.7 Å². The maximum absolute atomic E-state index is 10.8. The second-order valence-corrected chi connectivity index (χ2v) is 5.57. The van der Waals surface area contributed by atoms with Crippen LogP contribution in [0, 0.1) is 6.92 Å². The topological polar surface area (TPSA) is 84.0 Å². The van der Waals surface area contributed by atoms with E-state index in [0.717, 1.165) is 24.2 Å². The minimum atomic E-state index is -3.12. The number of nitrogens with zero attached hydrogens (tertiary/aromatic N) is 2. The number of rotatable bonds is 6. The average molecular weight is 258 g/mol. The van der Waals surface area contributed by atoms with Crippen molar-refractivity contribution >= 4 is 15.8 Å². The van der Waals surface area contributed by atoms with Crippen LogP contribution in [0.2, 0.25) is 0 Å². The maximum Gasteiger partial charge on any atom is 0.208 e. The van der Waals surface area contributed by atoms with Crippen molar-refractivity contribution in [2.45, 2.75) is 20.3 Å². The highest BCUT2D eigenvalue weighted by atomic mass is 32.2. The molecule has 96 valence electrons. The third-order valence-corrected chi connectivity index (χ3v) is 2.78. The van der Waals surface area contributed by atoms with Crippen molar-refractivity contribution in [3.05, 3.63) is 17.6 Å². The van der Waals surface area contributed by atoms with E-state index >= 15 is 0 Å². The molecule has 0 saturated carbocycles. The van der Waals surface area contributed by atoms with Gasteiger partial charge < -0.3 is 5.32 Å². The maximum atomic E-state index is 10.8. The van der Waals surface area contributed by atoms with Crippen LogP contribution in [0.1, 0.15) is 18.4 Å². The van der Waals surface area contributed by atoms with Gasteiger partial charge in [0.05, 0.1) is 6.26 Å². The first kappa shape index (κ1) is 13.9. The number of aromatic nitrogens is 2. The van der Waals surface area contributed by atoms with Gasteiger partial charge in [-0.1, -0.05) is 6.92 Å². The summed E-state index contributed by atoms with van der Waals surface area (Å²) in [7, 11) is -3.12. The fourth-order valence-corrected chi connectivity index (χ4v) is 1.80. The number of nitrogens with one attached hydrogen (secondary N) is 2. The van der Waals surface area contributed by atoms with E-state index in [4.69, 9.17) is 0 Å². The first-order valence-electron chi connectivity index (χ1n) is 5.44. The molecule has 0 aliphatic rings. The SMILES string of the molecule is CCc1cc(NCCNS(C)(=O)=O)nc(C)n1. The van der Waals surface area contributed by atoms with E-state index in [9.17, 15) is 8.42 Å².